The number of hydrogen-bond donors (Lipinski definition) is 2. The summed E-state index contributed by atoms with van der Waals surface area (Å²) in [5, 5.41) is 6.31. The molecular formula is C26H26ClFN4O3. The summed E-state index contributed by atoms with van der Waals surface area (Å²) in [6, 6.07) is 15.0. The van der Waals surface area contributed by atoms with Crippen molar-refractivity contribution >= 4 is 29.1 Å². The van der Waals surface area contributed by atoms with Gasteiger partial charge in [0, 0.05) is 35.1 Å². The van der Waals surface area contributed by atoms with E-state index in [-0.39, 0.29) is 23.1 Å². The van der Waals surface area contributed by atoms with Crippen molar-refractivity contribution in [1.82, 2.24) is 14.8 Å². The van der Waals surface area contributed by atoms with Crippen LogP contribution in [0.3, 0.4) is 0 Å². The Morgan fingerprint density at radius 3 is 2.46 bits per heavy atom. The molecule has 2 aromatic carbocycles. The van der Waals surface area contributed by atoms with Gasteiger partial charge in [-0.05, 0) is 75.5 Å². The Labute approximate surface area is 207 Å². The van der Waals surface area contributed by atoms with E-state index in [1.54, 1.807) is 36.4 Å². The van der Waals surface area contributed by atoms with Gasteiger partial charge in [-0.3, -0.25) is 19.0 Å². The summed E-state index contributed by atoms with van der Waals surface area (Å²) in [5.41, 5.74) is 0.469. The van der Waals surface area contributed by atoms with E-state index in [0.29, 0.717) is 29.2 Å². The number of aromatic nitrogens is 1. The lowest BCUT2D eigenvalue weighted by atomic mass is 10.0. The molecule has 0 radical (unpaired) electrons. The van der Waals surface area contributed by atoms with E-state index in [4.69, 9.17) is 11.6 Å². The van der Waals surface area contributed by atoms with Crippen LogP contribution in [-0.2, 0) is 4.79 Å². The molecule has 35 heavy (non-hydrogen) atoms. The molecule has 1 aliphatic carbocycles. The van der Waals surface area contributed by atoms with Crippen LogP contribution in [0.2, 0.25) is 5.02 Å². The third-order valence-corrected chi connectivity index (χ3v) is 6.58. The van der Waals surface area contributed by atoms with Crippen LogP contribution in [0.15, 0.2) is 71.7 Å². The molecule has 2 amide bonds. The number of carbonyl (C=O) groups excluding carboxylic acids is 2. The highest BCUT2D eigenvalue weighted by Crippen LogP contribution is 2.31. The van der Waals surface area contributed by atoms with Crippen molar-refractivity contribution < 1.29 is 14.0 Å². The largest absolute Gasteiger partial charge is 0.348 e. The van der Waals surface area contributed by atoms with Crippen molar-refractivity contribution in [2.75, 3.05) is 19.4 Å². The number of amides is 2. The molecule has 182 valence electrons. The fraction of sp³-hybridized carbons (Fsp3) is 0.269. The van der Waals surface area contributed by atoms with Gasteiger partial charge in [0.1, 0.15) is 5.82 Å². The Morgan fingerprint density at radius 1 is 1.06 bits per heavy atom. The average Bonchev–Trinajstić information content (AvgIpc) is 3.25. The second-order valence-corrected chi connectivity index (χ2v) is 9.28. The standard InChI is InChI=1S/C26H26ClFN4O3/c1-31(2)19-13-21(26(35)29-17-8-6-16(27)7-9-17)23(15-19)30-25(34)20-11-10-18(14-22(20)28)32-12-4-3-5-24(32)33/h3-12,14,19,21,23H,13,15H2,1-2H3,(H,29,35)(H,30,34). The van der Waals surface area contributed by atoms with Crippen molar-refractivity contribution in [3.8, 4) is 5.69 Å². The maximum Gasteiger partial charge on any atom is 0.255 e. The maximum absolute atomic E-state index is 14.9. The van der Waals surface area contributed by atoms with Gasteiger partial charge in [0.2, 0.25) is 5.91 Å². The van der Waals surface area contributed by atoms with Gasteiger partial charge in [-0.1, -0.05) is 17.7 Å². The first-order valence-corrected chi connectivity index (χ1v) is 11.6. The highest BCUT2D eigenvalue weighted by atomic mass is 35.5. The third kappa shape index (κ3) is 5.61. The Kier molecular flexibility index (Phi) is 7.33. The number of anilines is 1. The fourth-order valence-electron chi connectivity index (χ4n) is 4.37. The summed E-state index contributed by atoms with van der Waals surface area (Å²) < 4.78 is 16.2. The number of nitrogens with zero attached hydrogens (tertiary/aromatic N) is 2. The zero-order valence-electron chi connectivity index (χ0n) is 19.4. The monoisotopic (exact) mass is 496 g/mol. The Hall–Kier alpha value is -3.49. The number of carbonyl (C=O) groups is 2. The average molecular weight is 497 g/mol. The fourth-order valence-corrected chi connectivity index (χ4v) is 4.50. The first kappa shape index (κ1) is 24.6. The molecule has 9 heteroatoms. The highest BCUT2D eigenvalue weighted by Gasteiger charge is 2.40. The highest BCUT2D eigenvalue weighted by molar-refractivity contribution is 6.30. The van der Waals surface area contributed by atoms with Gasteiger partial charge in [-0.15, -0.1) is 0 Å². The van der Waals surface area contributed by atoms with Crippen LogP contribution >= 0.6 is 11.6 Å². The molecule has 3 atom stereocenters. The maximum atomic E-state index is 14.9. The molecule has 4 rings (SSSR count). The van der Waals surface area contributed by atoms with Crippen molar-refractivity contribution in [3.05, 3.63) is 93.6 Å². The van der Waals surface area contributed by atoms with E-state index in [2.05, 4.69) is 10.6 Å². The van der Waals surface area contributed by atoms with E-state index in [0.717, 1.165) is 6.07 Å². The molecule has 3 aromatic rings. The quantitative estimate of drug-likeness (QED) is 0.545. The smallest absolute Gasteiger partial charge is 0.255 e. The van der Waals surface area contributed by atoms with E-state index >= 15 is 0 Å². The van der Waals surface area contributed by atoms with E-state index in [9.17, 15) is 18.8 Å². The van der Waals surface area contributed by atoms with Gasteiger partial charge in [0.25, 0.3) is 11.5 Å². The molecule has 0 bridgehead atoms. The number of halogens is 2. The van der Waals surface area contributed by atoms with Gasteiger partial charge in [0.05, 0.1) is 17.2 Å². The van der Waals surface area contributed by atoms with Crippen LogP contribution in [0.25, 0.3) is 5.69 Å². The summed E-state index contributed by atoms with van der Waals surface area (Å²) >= 11 is 5.92. The summed E-state index contributed by atoms with van der Waals surface area (Å²) in [5.74, 6) is -2.07. The van der Waals surface area contributed by atoms with Crippen LogP contribution in [-0.4, -0.2) is 47.5 Å². The number of benzene rings is 2. The summed E-state index contributed by atoms with van der Waals surface area (Å²) in [6.07, 6.45) is 2.63. The number of pyridine rings is 1. The molecule has 0 aliphatic heterocycles. The molecule has 1 fully saturated rings. The lowest BCUT2D eigenvalue weighted by Gasteiger charge is -2.21. The molecular weight excluding hydrogens is 471 g/mol. The van der Waals surface area contributed by atoms with Gasteiger partial charge in [-0.2, -0.15) is 0 Å². The van der Waals surface area contributed by atoms with Gasteiger partial charge >= 0.3 is 0 Å². The molecule has 0 spiro atoms. The predicted molar refractivity (Wildman–Crippen MR) is 134 cm³/mol. The summed E-state index contributed by atoms with van der Waals surface area (Å²) in [6.45, 7) is 0. The summed E-state index contributed by atoms with van der Waals surface area (Å²) in [4.78, 5) is 40.1. The molecule has 1 aromatic heterocycles. The van der Waals surface area contributed by atoms with Crippen LogP contribution in [0, 0.1) is 11.7 Å². The third-order valence-electron chi connectivity index (χ3n) is 6.33. The minimum absolute atomic E-state index is 0.0819. The molecule has 1 saturated carbocycles. The first-order chi connectivity index (χ1) is 16.7. The van der Waals surface area contributed by atoms with Crippen LogP contribution < -0.4 is 16.2 Å². The van der Waals surface area contributed by atoms with Crippen molar-refractivity contribution in [3.63, 3.8) is 0 Å². The Morgan fingerprint density at radius 2 is 1.80 bits per heavy atom. The normalized spacial score (nSPS) is 19.5. The minimum Gasteiger partial charge on any atom is -0.348 e. The second kappa shape index (κ2) is 10.4. The first-order valence-electron chi connectivity index (χ1n) is 11.2. The molecule has 0 saturated heterocycles. The van der Waals surface area contributed by atoms with Crippen LogP contribution in [0.5, 0.6) is 0 Å². The minimum atomic E-state index is -0.750. The zero-order chi connectivity index (χ0) is 25.1. The van der Waals surface area contributed by atoms with E-state index in [1.165, 1.54) is 29.0 Å². The molecule has 3 unspecified atom stereocenters. The molecule has 1 aliphatic rings. The van der Waals surface area contributed by atoms with Crippen LogP contribution in [0.1, 0.15) is 23.2 Å². The number of hydrogen-bond acceptors (Lipinski definition) is 4. The van der Waals surface area contributed by atoms with Crippen LogP contribution in [0.4, 0.5) is 10.1 Å². The van der Waals surface area contributed by atoms with Crippen molar-refractivity contribution in [2.24, 2.45) is 5.92 Å². The second-order valence-electron chi connectivity index (χ2n) is 8.84. The SMILES string of the molecule is CN(C)C1CC(NC(=O)c2ccc(-n3ccccc3=O)cc2F)C(C(=O)Nc2ccc(Cl)cc2)C1. The topological polar surface area (TPSA) is 83.4 Å². The number of nitrogens with one attached hydrogen (secondary N) is 2. The molecule has 2 N–H and O–H groups in total. The van der Waals surface area contributed by atoms with Crippen molar-refractivity contribution in [1.29, 1.82) is 0 Å². The van der Waals surface area contributed by atoms with E-state index < -0.39 is 23.7 Å². The lowest BCUT2D eigenvalue weighted by molar-refractivity contribution is -0.120. The Balaban J connectivity index is 1.51. The Bertz CT molecular complexity index is 1290. The van der Waals surface area contributed by atoms with Crippen molar-refractivity contribution in [2.45, 2.75) is 24.9 Å². The number of rotatable bonds is 6. The molecule has 1 heterocycles. The molecule has 7 nitrogen and oxygen atoms in total. The van der Waals surface area contributed by atoms with Gasteiger partial charge in [-0.25, -0.2) is 4.39 Å². The van der Waals surface area contributed by atoms with Gasteiger partial charge in [0.15, 0.2) is 0 Å². The lowest BCUT2D eigenvalue weighted by Crippen LogP contribution is -2.42. The van der Waals surface area contributed by atoms with E-state index in [1.807, 2.05) is 19.0 Å². The zero-order valence-corrected chi connectivity index (χ0v) is 20.1. The van der Waals surface area contributed by atoms with Gasteiger partial charge < -0.3 is 15.5 Å². The predicted octanol–water partition coefficient (Wildman–Crippen LogP) is 3.71. The summed E-state index contributed by atoms with van der Waals surface area (Å²) in [7, 11) is 3.85.